The average molecular weight is 238 g/mol. The fraction of sp³-hybridized carbons (Fsp3) is 0.333. The van der Waals surface area contributed by atoms with E-state index in [1.807, 2.05) is 6.20 Å². The van der Waals surface area contributed by atoms with Crippen LogP contribution in [0.15, 0.2) is 48.3 Å². The van der Waals surface area contributed by atoms with Crippen molar-refractivity contribution in [1.82, 2.24) is 9.78 Å². The molecule has 0 bridgehead atoms. The molecule has 3 nitrogen and oxygen atoms in total. The van der Waals surface area contributed by atoms with Crippen molar-refractivity contribution in [2.45, 2.75) is 31.8 Å². The van der Waals surface area contributed by atoms with E-state index in [1.54, 1.807) is 0 Å². The molecule has 18 heavy (non-hydrogen) atoms. The molecule has 90 valence electrons. The molecule has 0 radical (unpaired) electrons. The number of pyridine rings is 1. The molecule has 0 aromatic carbocycles. The van der Waals surface area contributed by atoms with Crippen molar-refractivity contribution in [3.8, 4) is 11.4 Å². The SMILES string of the molecule is CC1=CC2(C)n3nccc3-c3cccc[n+]3C12C. The van der Waals surface area contributed by atoms with Crippen molar-refractivity contribution < 1.29 is 4.57 Å². The summed E-state index contributed by atoms with van der Waals surface area (Å²) < 4.78 is 4.55. The van der Waals surface area contributed by atoms with E-state index in [2.05, 4.69) is 71.7 Å². The molecule has 2 atom stereocenters. The molecular weight excluding hydrogens is 222 g/mol. The Morgan fingerprint density at radius 1 is 1.22 bits per heavy atom. The van der Waals surface area contributed by atoms with Crippen LogP contribution >= 0.6 is 0 Å². The third-order valence-electron chi connectivity index (χ3n) is 4.94. The predicted octanol–water partition coefficient (Wildman–Crippen LogP) is 2.24. The summed E-state index contributed by atoms with van der Waals surface area (Å²) in [6.07, 6.45) is 6.40. The van der Waals surface area contributed by atoms with Gasteiger partial charge in [-0.05, 0) is 37.6 Å². The minimum absolute atomic E-state index is 0.0113. The topological polar surface area (TPSA) is 21.7 Å². The first kappa shape index (κ1) is 10.1. The highest BCUT2D eigenvalue weighted by molar-refractivity contribution is 5.55. The Morgan fingerprint density at radius 2 is 2.06 bits per heavy atom. The van der Waals surface area contributed by atoms with Crippen LogP contribution in [0.1, 0.15) is 20.8 Å². The Morgan fingerprint density at radius 3 is 2.83 bits per heavy atom. The molecule has 2 aliphatic rings. The summed E-state index contributed by atoms with van der Waals surface area (Å²) in [5, 5.41) is 4.55. The third kappa shape index (κ3) is 0.797. The van der Waals surface area contributed by atoms with Crippen molar-refractivity contribution in [1.29, 1.82) is 0 Å². The van der Waals surface area contributed by atoms with Crippen LogP contribution in [0.4, 0.5) is 0 Å². The first-order chi connectivity index (χ1) is 8.59. The standard InChI is InChI=1S/C15H16N3/c1-11-10-14(2)15(11,3)17-9-5-4-6-12(17)13-7-8-16-18(13)14/h4-10H,1-3H3/q+1. The number of fused-ring (bicyclic) bond motifs is 6. The molecule has 4 rings (SSSR count). The maximum absolute atomic E-state index is 4.55. The smallest absolute Gasteiger partial charge is 0.231 e. The molecule has 0 saturated heterocycles. The monoisotopic (exact) mass is 238 g/mol. The van der Waals surface area contributed by atoms with Crippen molar-refractivity contribution in [3.63, 3.8) is 0 Å². The number of rotatable bonds is 0. The van der Waals surface area contributed by atoms with Gasteiger partial charge >= 0.3 is 0 Å². The summed E-state index contributed by atoms with van der Waals surface area (Å²) in [7, 11) is 0. The molecule has 0 fully saturated rings. The lowest BCUT2D eigenvalue weighted by molar-refractivity contribution is -0.761. The van der Waals surface area contributed by atoms with Crippen LogP contribution in [0.5, 0.6) is 0 Å². The second-order valence-corrected chi connectivity index (χ2v) is 5.63. The molecule has 2 aromatic rings. The van der Waals surface area contributed by atoms with Gasteiger partial charge in [-0.3, -0.25) is 0 Å². The van der Waals surface area contributed by atoms with Crippen LogP contribution in [0.2, 0.25) is 0 Å². The van der Waals surface area contributed by atoms with E-state index in [-0.39, 0.29) is 11.1 Å². The maximum Gasteiger partial charge on any atom is 0.231 e. The molecule has 0 N–H and O–H groups in total. The Kier molecular flexibility index (Phi) is 1.53. The van der Waals surface area contributed by atoms with Gasteiger partial charge in [-0.15, -0.1) is 0 Å². The minimum Gasteiger partial charge on any atom is -0.242 e. The van der Waals surface area contributed by atoms with Gasteiger partial charge < -0.3 is 0 Å². The Balaban J connectivity index is 2.18. The highest BCUT2D eigenvalue weighted by Gasteiger charge is 2.65. The molecule has 1 aliphatic carbocycles. The van der Waals surface area contributed by atoms with Crippen LogP contribution in [0, 0.1) is 0 Å². The van der Waals surface area contributed by atoms with Gasteiger partial charge in [0.25, 0.3) is 0 Å². The Labute approximate surface area is 106 Å². The first-order valence-electron chi connectivity index (χ1n) is 6.35. The molecule has 3 heterocycles. The van der Waals surface area contributed by atoms with Gasteiger partial charge in [0.2, 0.25) is 11.2 Å². The van der Waals surface area contributed by atoms with Gasteiger partial charge in [-0.1, -0.05) is 0 Å². The maximum atomic E-state index is 4.55. The van der Waals surface area contributed by atoms with Gasteiger partial charge in [0, 0.05) is 25.3 Å². The van der Waals surface area contributed by atoms with Gasteiger partial charge in [-0.2, -0.15) is 9.67 Å². The number of nitrogens with zero attached hydrogens (tertiary/aromatic N) is 3. The van der Waals surface area contributed by atoms with E-state index in [4.69, 9.17) is 0 Å². The summed E-state index contributed by atoms with van der Waals surface area (Å²) in [6, 6.07) is 8.46. The number of allylic oxidation sites excluding steroid dienone is 2. The summed E-state index contributed by atoms with van der Waals surface area (Å²) in [5.41, 5.74) is 3.77. The van der Waals surface area contributed by atoms with Gasteiger partial charge in [0.1, 0.15) is 11.2 Å². The summed E-state index contributed by atoms with van der Waals surface area (Å²) in [4.78, 5) is 0. The largest absolute Gasteiger partial charge is 0.242 e. The van der Waals surface area contributed by atoms with Crippen molar-refractivity contribution >= 4 is 0 Å². The third-order valence-corrected chi connectivity index (χ3v) is 4.94. The quantitative estimate of drug-likeness (QED) is 0.509. The molecular formula is C15H16N3+. The van der Waals surface area contributed by atoms with Gasteiger partial charge in [0.15, 0.2) is 6.20 Å². The second-order valence-electron chi connectivity index (χ2n) is 5.63. The number of hydrogen-bond donors (Lipinski definition) is 0. The Hall–Kier alpha value is -1.90. The first-order valence-corrected chi connectivity index (χ1v) is 6.35. The van der Waals surface area contributed by atoms with Crippen molar-refractivity contribution in [3.05, 3.63) is 48.3 Å². The highest BCUT2D eigenvalue weighted by Crippen LogP contribution is 2.52. The van der Waals surface area contributed by atoms with E-state index >= 15 is 0 Å². The van der Waals surface area contributed by atoms with E-state index in [0.717, 1.165) is 0 Å². The number of hydrogen-bond acceptors (Lipinski definition) is 1. The summed E-state index contributed by atoms with van der Waals surface area (Å²) >= 11 is 0. The lowest BCUT2D eigenvalue weighted by Gasteiger charge is -2.51. The molecule has 3 heteroatoms. The zero-order chi connectivity index (χ0) is 12.5. The van der Waals surface area contributed by atoms with Crippen LogP contribution < -0.4 is 4.57 Å². The van der Waals surface area contributed by atoms with E-state index in [9.17, 15) is 0 Å². The molecule has 0 amide bonds. The lowest BCUT2D eigenvalue weighted by atomic mass is 9.62. The van der Waals surface area contributed by atoms with E-state index in [0.29, 0.717) is 0 Å². The molecule has 2 unspecified atom stereocenters. The molecule has 1 aliphatic heterocycles. The summed E-state index contributed by atoms with van der Waals surface area (Å²) in [5.74, 6) is 0. The van der Waals surface area contributed by atoms with E-state index < -0.39 is 0 Å². The van der Waals surface area contributed by atoms with Crippen LogP contribution in [0.3, 0.4) is 0 Å². The zero-order valence-electron chi connectivity index (χ0n) is 10.9. The number of aromatic nitrogens is 3. The van der Waals surface area contributed by atoms with Crippen molar-refractivity contribution in [2.24, 2.45) is 0 Å². The van der Waals surface area contributed by atoms with Gasteiger partial charge in [0.05, 0.1) is 0 Å². The summed E-state index contributed by atoms with van der Waals surface area (Å²) in [6.45, 7) is 6.77. The fourth-order valence-electron chi connectivity index (χ4n) is 3.63. The van der Waals surface area contributed by atoms with Crippen molar-refractivity contribution in [2.75, 3.05) is 0 Å². The lowest BCUT2D eigenvalue weighted by Crippen LogP contribution is -2.74. The molecule has 0 spiro atoms. The zero-order valence-corrected chi connectivity index (χ0v) is 10.9. The normalized spacial score (nSPS) is 31.8. The van der Waals surface area contributed by atoms with Gasteiger partial charge in [-0.25, -0.2) is 4.68 Å². The second kappa shape index (κ2) is 2.74. The fourth-order valence-corrected chi connectivity index (χ4v) is 3.63. The predicted molar refractivity (Wildman–Crippen MR) is 68.9 cm³/mol. The van der Waals surface area contributed by atoms with Crippen LogP contribution in [-0.2, 0) is 11.1 Å². The van der Waals surface area contributed by atoms with E-state index in [1.165, 1.54) is 17.0 Å². The molecule has 2 aromatic heterocycles. The van der Waals surface area contributed by atoms with Crippen LogP contribution in [0.25, 0.3) is 11.4 Å². The minimum atomic E-state index is -0.0606. The Bertz CT molecular complexity index is 697. The van der Waals surface area contributed by atoms with Crippen LogP contribution in [-0.4, -0.2) is 9.78 Å². The average Bonchev–Trinajstić information content (AvgIpc) is 2.86. The highest BCUT2D eigenvalue weighted by atomic mass is 15.4. The molecule has 0 saturated carbocycles.